The van der Waals surface area contributed by atoms with Crippen molar-refractivity contribution in [2.24, 2.45) is 5.73 Å². The van der Waals surface area contributed by atoms with E-state index in [9.17, 15) is 19.3 Å². The molecule has 0 atom stereocenters. The average molecular weight is 331 g/mol. The monoisotopic (exact) mass is 331 g/mol. The molecule has 0 aliphatic carbocycles. The summed E-state index contributed by atoms with van der Waals surface area (Å²) in [6.45, 7) is 4.22. The lowest BCUT2D eigenvalue weighted by molar-refractivity contribution is -0.384. The molecular weight excluding hydrogens is 313 g/mol. The topological polar surface area (TPSA) is 98.3 Å². The minimum Gasteiger partial charge on any atom is -0.384 e. The summed E-state index contributed by atoms with van der Waals surface area (Å²) in [6, 6.07) is 10.1. The van der Waals surface area contributed by atoms with Crippen LogP contribution >= 0.6 is 0 Å². The van der Waals surface area contributed by atoms with E-state index in [-0.39, 0.29) is 17.1 Å². The Balaban J connectivity index is 2.25. The number of nitro groups is 1. The molecule has 2 aromatic carbocycles. The van der Waals surface area contributed by atoms with Gasteiger partial charge in [-0.25, -0.2) is 4.39 Å². The van der Waals surface area contributed by atoms with Crippen molar-refractivity contribution in [3.05, 3.63) is 69.5 Å². The van der Waals surface area contributed by atoms with E-state index in [1.54, 1.807) is 6.07 Å². The second-order valence-corrected chi connectivity index (χ2v) is 6.10. The molecule has 6 nitrogen and oxygen atoms in total. The lowest BCUT2D eigenvalue weighted by Crippen LogP contribution is -2.28. The van der Waals surface area contributed by atoms with E-state index >= 15 is 0 Å². The first-order valence-electron chi connectivity index (χ1n) is 7.29. The minimum absolute atomic E-state index is 0.0410. The number of nitrogens with zero attached hydrogens (tertiary/aromatic N) is 1. The van der Waals surface area contributed by atoms with E-state index in [1.165, 1.54) is 24.3 Å². The third kappa shape index (κ3) is 3.87. The highest BCUT2D eigenvalue weighted by Crippen LogP contribution is 2.27. The van der Waals surface area contributed by atoms with Crippen molar-refractivity contribution in [3.63, 3.8) is 0 Å². The lowest BCUT2D eigenvalue weighted by Gasteiger charge is -2.26. The maximum atomic E-state index is 13.4. The fourth-order valence-electron chi connectivity index (χ4n) is 2.33. The van der Waals surface area contributed by atoms with Crippen LogP contribution in [-0.2, 0) is 5.41 Å². The molecule has 0 aromatic heterocycles. The second-order valence-electron chi connectivity index (χ2n) is 6.10. The van der Waals surface area contributed by atoms with Crippen LogP contribution in [0.1, 0.15) is 29.8 Å². The number of halogens is 1. The Bertz CT molecular complexity index is 790. The molecule has 2 aromatic rings. The van der Waals surface area contributed by atoms with Crippen molar-refractivity contribution in [1.29, 1.82) is 0 Å². The van der Waals surface area contributed by atoms with E-state index in [0.717, 1.165) is 11.6 Å². The van der Waals surface area contributed by atoms with Crippen LogP contribution in [0.5, 0.6) is 0 Å². The van der Waals surface area contributed by atoms with E-state index in [2.05, 4.69) is 5.32 Å². The summed E-state index contributed by atoms with van der Waals surface area (Å²) in [5, 5.41) is 13.9. The number of nitrogens with two attached hydrogens (primary N) is 1. The molecule has 2 rings (SSSR count). The number of nitrogens with one attached hydrogen (secondary N) is 1. The number of benzene rings is 2. The van der Waals surface area contributed by atoms with E-state index in [1.807, 2.05) is 19.9 Å². The Hall–Kier alpha value is -2.96. The molecule has 0 unspecified atom stereocenters. The Labute approximate surface area is 138 Å². The van der Waals surface area contributed by atoms with Gasteiger partial charge in [0.1, 0.15) is 5.82 Å². The van der Waals surface area contributed by atoms with Gasteiger partial charge >= 0.3 is 0 Å². The number of non-ortho nitro benzene ring substituents is 1. The SMILES string of the molecule is CC(C)(CNc1ccc([N+](=O)[O-])cc1C(N)=O)c1cccc(F)c1. The summed E-state index contributed by atoms with van der Waals surface area (Å²) >= 11 is 0. The van der Waals surface area contributed by atoms with Crippen molar-refractivity contribution in [3.8, 4) is 0 Å². The zero-order chi connectivity index (χ0) is 17.9. The molecule has 0 aliphatic heterocycles. The highest BCUT2D eigenvalue weighted by Gasteiger charge is 2.22. The maximum Gasteiger partial charge on any atom is 0.270 e. The van der Waals surface area contributed by atoms with Gasteiger partial charge < -0.3 is 11.1 Å². The summed E-state index contributed by atoms with van der Waals surface area (Å²) in [5.41, 5.74) is 5.89. The van der Waals surface area contributed by atoms with Crippen LogP contribution in [0.3, 0.4) is 0 Å². The zero-order valence-electron chi connectivity index (χ0n) is 13.4. The predicted molar refractivity (Wildman–Crippen MR) is 89.5 cm³/mol. The highest BCUT2D eigenvalue weighted by atomic mass is 19.1. The number of hydrogen-bond acceptors (Lipinski definition) is 4. The molecule has 0 aliphatic rings. The molecule has 7 heteroatoms. The lowest BCUT2D eigenvalue weighted by atomic mass is 9.84. The van der Waals surface area contributed by atoms with Crippen molar-refractivity contribution >= 4 is 17.3 Å². The standard InChI is InChI=1S/C17H18FN3O3/c1-17(2,11-4-3-5-12(18)8-11)10-20-15-7-6-13(21(23)24)9-14(15)16(19)22/h3-9,20H,10H2,1-2H3,(H2,19,22). The highest BCUT2D eigenvalue weighted by molar-refractivity contribution is 5.99. The number of nitro benzene ring substituents is 1. The van der Waals surface area contributed by atoms with Gasteiger partial charge in [-0.15, -0.1) is 0 Å². The molecular formula is C17H18FN3O3. The number of carbonyl (C=O) groups is 1. The average Bonchev–Trinajstić information content (AvgIpc) is 2.52. The van der Waals surface area contributed by atoms with Crippen molar-refractivity contribution < 1.29 is 14.1 Å². The largest absolute Gasteiger partial charge is 0.384 e. The van der Waals surface area contributed by atoms with Gasteiger partial charge in [0.25, 0.3) is 11.6 Å². The van der Waals surface area contributed by atoms with Crippen LogP contribution in [0.2, 0.25) is 0 Å². The Morgan fingerprint density at radius 3 is 2.58 bits per heavy atom. The Kier molecular flexibility index (Phi) is 4.82. The van der Waals surface area contributed by atoms with Gasteiger partial charge in [-0.05, 0) is 23.8 Å². The third-order valence-electron chi connectivity index (χ3n) is 3.81. The number of anilines is 1. The van der Waals surface area contributed by atoms with Crippen molar-refractivity contribution in [1.82, 2.24) is 0 Å². The smallest absolute Gasteiger partial charge is 0.270 e. The first kappa shape index (κ1) is 17.4. The van der Waals surface area contributed by atoms with Gasteiger partial charge in [0, 0.05) is 29.8 Å². The fourth-order valence-corrected chi connectivity index (χ4v) is 2.33. The van der Waals surface area contributed by atoms with Gasteiger partial charge in [-0.1, -0.05) is 26.0 Å². The van der Waals surface area contributed by atoms with Gasteiger partial charge in [0.05, 0.1) is 10.5 Å². The molecule has 0 fully saturated rings. The van der Waals surface area contributed by atoms with Gasteiger partial charge in [-0.2, -0.15) is 0 Å². The molecule has 0 radical (unpaired) electrons. The molecule has 0 saturated carbocycles. The predicted octanol–water partition coefficient (Wildman–Crippen LogP) is 3.22. The van der Waals surface area contributed by atoms with Crippen LogP contribution in [0.25, 0.3) is 0 Å². The molecule has 1 amide bonds. The number of carbonyl (C=O) groups excluding carboxylic acids is 1. The second kappa shape index (κ2) is 6.66. The summed E-state index contributed by atoms with van der Waals surface area (Å²) in [6.07, 6.45) is 0. The summed E-state index contributed by atoms with van der Waals surface area (Å²) < 4.78 is 13.4. The number of amides is 1. The number of rotatable bonds is 6. The van der Waals surface area contributed by atoms with E-state index < -0.39 is 16.2 Å². The molecule has 0 bridgehead atoms. The number of hydrogen-bond donors (Lipinski definition) is 2. The van der Waals surface area contributed by atoms with Crippen LogP contribution < -0.4 is 11.1 Å². The Morgan fingerprint density at radius 1 is 1.29 bits per heavy atom. The first-order chi connectivity index (χ1) is 11.2. The quantitative estimate of drug-likeness (QED) is 0.627. The van der Waals surface area contributed by atoms with Crippen LogP contribution in [0.15, 0.2) is 42.5 Å². The first-order valence-corrected chi connectivity index (χ1v) is 7.29. The molecule has 0 heterocycles. The van der Waals surface area contributed by atoms with Gasteiger partial charge in [0.2, 0.25) is 0 Å². The van der Waals surface area contributed by atoms with Crippen molar-refractivity contribution in [2.45, 2.75) is 19.3 Å². The normalized spacial score (nSPS) is 11.1. The molecule has 3 N–H and O–H groups in total. The van der Waals surface area contributed by atoms with Crippen molar-refractivity contribution in [2.75, 3.05) is 11.9 Å². The molecule has 0 saturated heterocycles. The minimum atomic E-state index is -0.759. The summed E-state index contributed by atoms with van der Waals surface area (Å²) in [5.74, 6) is -1.08. The summed E-state index contributed by atoms with van der Waals surface area (Å²) in [7, 11) is 0. The van der Waals surface area contributed by atoms with Gasteiger partial charge in [0.15, 0.2) is 0 Å². The number of primary amides is 1. The maximum absolute atomic E-state index is 13.4. The third-order valence-corrected chi connectivity index (χ3v) is 3.81. The Morgan fingerprint density at radius 2 is 2.00 bits per heavy atom. The zero-order valence-corrected chi connectivity index (χ0v) is 13.4. The van der Waals surface area contributed by atoms with E-state index in [4.69, 9.17) is 5.73 Å². The van der Waals surface area contributed by atoms with Crippen LogP contribution in [-0.4, -0.2) is 17.4 Å². The van der Waals surface area contributed by atoms with E-state index in [0.29, 0.717) is 12.2 Å². The van der Waals surface area contributed by atoms with Crippen LogP contribution in [0, 0.1) is 15.9 Å². The van der Waals surface area contributed by atoms with Crippen LogP contribution in [0.4, 0.5) is 15.8 Å². The fraction of sp³-hybridized carbons (Fsp3) is 0.235. The van der Waals surface area contributed by atoms with Gasteiger partial charge in [-0.3, -0.25) is 14.9 Å². The molecule has 24 heavy (non-hydrogen) atoms. The summed E-state index contributed by atoms with van der Waals surface area (Å²) in [4.78, 5) is 21.8. The molecule has 126 valence electrons. The molecule has 0 spiro atoms.